The fourth-order valence-electron chi connectivity index (χ4n) is 3.54. The summed E-state index contributed by atoms with van der Waals surface area (Å²) in [7, 11) is 4.61. The number of aromatic hydroxyl groups is 1. The number of halogens is 4. The molecule has 1 aliphatic rings. The second-order valence-corrected chi connectivity index (χ2v) is 7.32. The maximum atomic E-state index is 12.5. The Morgan fingerprint density at radius 1 is 1.16 bits per heavy atom. The number of nitrogens with one attached hydrogen (secondary N) is 2. The molecule has 0 radical (unpaired) electrons. The van der Waals surface area contributed by atoms with Crippen molar-refractivity contribution in [1.82, 2.24) is 15.5 Å². The van der Waals surface area contributed by atoms with E-state index in [1.165, 1.54) is 19.1 Å². The number of ether oxygens (including phenoxy) is 2. The lowest BCUT2D eigenvalue weighted by Gasteiger charge is -2.32. The largest absolute Gasteiger partial charge is 0.502 e. The molecule has 0 amide bonds. The quantitative estimate of drug-likeness (QED) is 0.257. The average molecular weight is 560 g/mol. The molecule has 1 fully saturated rings. The number of aliphatic imine (C=N–C) groups is 1. The standard InChI is InChI=1S/C20H31F3N4O3.HI/c1-24-19(26-12-15-10-16(29-2)18(28)17(11-15)30-3)25-7-4-14-5-8-27(9-6-14)13-20(21,22)23;/h10-11,14,28H,4-9,12-13H2,1-3H3,(H2,24,25,26);1H. The smallest absolute Gasteiger partial charge is 0.401 e. The summed E-state index contributed by atoms with van der Waals surface area (Å²) in [4.78, 5) is 5.67. The van der Waals surface area contributed by atoms with Crippen LogP contribution >= 0.6 is 24.0 Å². The number of piperidine rings is 1. The molecular formula is C20H32F3IN4O3. The highest BCUT2D eigenvalue weighted by Crippen LogP contribution is 2.37. The Morgan fingerprint density at radius 2 is 1.74 bits per heavy atom. The molecule has 1 aromatic rings. The monoisotopic (exact) mass is 560 g/mol. The number of guanidine groups is 1. The zero-order valence-electron chi connectivity index (χ0n) is 18.1. The topological polar surface area (TPSA) is 78.4 Å². The van der Waals surface area contributed by atoms with E-state index in [9.17, 15) is 18.3 Å². The van der Waals surface area contributed by atoms with Crippen molar-refractivity contribution in [2.24, 2.45) is 10.9 Å². The van der Waals surface area contributed by atoms with Gasteiger partial charge in [-0.15, -0.1) is 24.0 Å². The van der Waals surface area contributed by atoms with Crippen molar-refractivity contribution in [3.05, 3.63) is 17.7 Å². The summed E-state index contributed by atoms with van der Waals surface area (Å²) in [6.45, 7) is 1.29. The second kappa shape index (κ2) is 13.0. The van der Waals surface area contributed by atoms with Crippen LogP contribution in [0.25, 0.3) is 0 Å². The molecule has 178 valence electrons. The summed E-state index contributed by atoms with van der Waals surface area (Å²) in [6, 6.07) is 3.43. The average Bonchev–Trinajstić information content (AvgIpc) is 2.71. The number of likely N-dealkylation sites (tertiary alicyclic amines) is 1. The number of rotatable bonds is 8. The van der Waals surface area contributed by atoms with Gasteiger partial charge in [0.05, 0.1) is 20.8 Å². The molecule has 1 heterocycles. The van der Waals surface area contributed by atoms with Crippen LogP contribution in [0.15, 0.2) is 17.1 Å². The Balaban J connectivity index is 0.00000480. The minimum atomic E-state index is -4.13. The molecule has 11 heteroatoms. The van der Waals surface area contributed by atoms with E-state index >= 15 is 0 Å². The molecule has 0 aromatic heterocycles. The second-order valence-electron chi connectivity index (χ2n) is 7.32. The Kier molecular flexibility index (Phi) is 11.5. The van der Waals surface area contributed by atoms with Crippen LogP contribution in [0.4, 0.5) is 13.2 Å². The summed E-state index contributed by atoms with van der Waals surface area (Å²) in [5.74, 6) is 1.63. The number of nitrogens with zero attached hydrogens (tertiary/aromatic N) is 2. The maximum absolute atomic E-state index is 12.5. The highest BCUT2D eigenvalue weighted by Gasteiger charge is 2.32. The number of hydrogen-bond donors (Lipinski definition) is 3. The van der Waals surface area contributed by atoms with Crippen molar-refractivity contribution in [3.63, 3.8) is 0 Å². The van der Waals surface area contributed by atoms with Gasteiger partial charge in [-0.2, -0.15) is 13.2 Å². The molecule has 31 heavy (non-hydrogen) atoms. The van der Waals surface area contributed by atoms with Crippen LogP contribution in [-0.4, -0.2) is 69.6 Å². The summed E-state index contributed by atoms with van der Waals surface area (Å²) < 4.78 is 47.7. The molecule has 1 aromatic carbocycles. The molecule has 0 saturated carbocycles. The van der Waals surface area contributed by atoms with Gasteiger partial charge in [0.2, 0.25) is 5.75 Å². The first-order chi connectivity index (χ1) is 14.3. The third kappa shape index (κ3) is 9.17. The van der Waals surface area contributed by atoms with Crippen molar-refractivity contribution in [3.8, 4) is 17.2 Å². The highest BCUT2D eigenvalue weighted by molar-refractivity contribution is 14.0. The van der Waals surface area contributed by atoms with Gasteiger partial charge in [0, 0.05) is 20.1 Å². The molecule has 0 aliphatic carbocycles. The molecule has 0 spiro atoms. The third-order valence-electron chi connectivity index (χ3n) is 5.18. The van der Waals surface area contributed by atoms with Crippen molar-refractivity contribution in [2.75, 3.05) is 47.4 Å². The van der Waals surface area contributed by atoms with Crippen molar-refractivity contribution >= 4 is 29.9 Å². The van der Waals surface area contributed by atoms with Gasteiger partial charge in [0.15, 0.2) is 17.5 Å². The van der Waals surface area contributed by atoms with E-state index in [1.807, 2.05) is 0 Å². The van der Waals surface area contributed by atoms with Gasteiger partial charge in [0.25, 0.3) is 0 Å². The number of alkyl halides is 3. The molecular weight excluding hydrogens is 528 g/mol. The number of phenolic OH excluding ortho intramolecular Hbond substituents is 1. The minimum absolute atomic E-state index is 0. The van der Waals surface area contributed by atoms with Gasteiger partial charge >= 0.3 is 6.18 Å². The lowest BCUT2D eigenvalue weighted by atomic mass is 9.93. The van der Waals surface area contributed by atoms with Gasteiger partial charge in [-0.05, 0) is 56.0 Å². The van der Waals surface area contributed by atoms with Gasteiger partial charge in [-0.25, -0.2) is 0 Å². The van der Waals surface area contributed by atoms with E-state index in [-0.39, 0.29) is 29.7 Å². The summed E-state index contributed by atoms with van der Waals surface area (Å²) in [6.07, 6.45) is -1.70. The summed E-state index contributed by atoms with van der Waals surface area (Å²) >= 11 is 0. The first kappa shape index (κ1) is 27.4. The highest BCUT2D eigenvalue weighted by atomic mass is 127. The maximum Gasteiger partial charge on any atom is 0.401 e. The lowest BCUT2D eigenvalue weighted by Crippen LogP contribution is -2.41. The van der Waals surface area contributed by atoms with Crippen molar-refractivity contribution < 1.29 is 27.8 Å². The fourth-order valence-corrected chi connectivity index (χ4v) is 3.54. The molecule has 1 saturated heterocycles. The zero-order chi connectivity index (χ0) is 22.1. The number of hydrogen-bond acceptors (Lipinski definition) is 5. The van der Waals surface area contributed by atoms with Gasteiger partial charge < -0.3 is 25.2 Å². The molecule has 3 N–H and O–H groups in total. The van der Waals surface area contributed by atoms with Crippen LogP contribution in [0.5, 0.6) is 17.2 Å². The Morgan fingerprint density at radius 3 is 2.23 bits per heavy atom. The first-order valence-electron chi connectivity index (χ1n) is 9.93. The van der Waals surface area contributed by atoms with Crippen LogP contribution in [0.3, 0.4) is 0 Å². The van der Waals surface area contributed by atoms with Crippen LogP contribution in [0.2, 0.25) is 0 Å². The molecule has 0 unspecified atom stereocenters. The fraction of sp³-hybridized carbons (Fsp3) is 0.650. The van der Waals surface area contributed by atoms with E-state index in [4.69, 9.17) is 9.47 Å². The third-order valence-corrected chi connectivity index (χ3v) is 5.18. The van der Waals surface area contributed by atoms with Crippen molar-refractivity contribution in [1.29, 1.82) is 0 Å². The predicted octanol–water partition coefficient (Wildman–Crippen LogP) is 3.36. The number of benzene rings is 1. The summed E-state index contributed by atoms with van der Waals surface area (Å²) in [5.41, 5.74) is 0.849. The number of methoxy groups -OCH3 is 2. The SMILES string of the molecule is CN=C(NCCC1CCN(CC(F)(F)F)CC1)NCc1cc(OC)c(O)c(OC)c1.I. The molecule has 2 rings (SSSR count). The van der Waals surface area contributed by atoms with E-state index in [0.717, 1.165) is 24.8 Å². The van der Waals surface area contributed by atoms with Crippen LogP contribution in [-0.2, 0) is 6.54 Å². The van der Waals surface area contributed by atoms with E-state index in [0.29, 0.717) is 49.6 Å². The Labute approximate surface area is 198 Å². The van der Waals surface area contributed by atoms with Gasteiger partial charge in [-0.1, -0.05) is 0 Å². The Hall–Kier alpha value is -1.63. The van der Waals surface area contributed by atoms with Crippen LogP contribution in [0, 0.1) is 5.92 Å². The zero-order valence-corrected chi connectivity index (χ0v) is 20.4. The molecule has 1 aliphatic heterocycles. The summed E-state index contributed by atoms with van der Waals surface area (Å²) in [5, 5.41) is 16.4. The minimum Gasteiger partial charge on any atom is -0.502 e. The Bertz CT molecular complexity index is 686. The van der Waals surface area contributed by atoms with Gasteiger partial charge in [-0.3, -0.25) is 9.89 Å². The van der Waals surface area contributed by atoms with Gasteiger partial charge in [0.1, 0.15) is 0 Å². The number of phenols is 1. The normalized spacial score (nSPS) is 15.9. The van der Waals surface area contributed by atoms with Crippen LogP contribution in [0.1, 0.15) is 24.8 Å². The van der Waals surface area contributed by atoms with E-state index < -0.39 is 12.7 Å². The first-order valence-corrected chi connectivity index (χ1v) is 9.93. The predicted molar refractivity (Wildman–Crippen MR) is 125 cm³/mol. The van der Waals surface area contributed by atoms with Crippen LogP contribution < -0.4 is 20.1 Å². The molecule has 7 nitrogen and oxygen atoms in total. The van der Waals surface area contributed by atoms with E-state index in [1.54, 1.807) is 19.2 Å². The molecule has 0 atom stereocenters. The lowest BCUT2D eigenvalue weighted by molar-refractivity contribution is -0.148. The van der Waals surface area contributed by atoms with E-state index in [2.05, 4.69) is 15.6 Å². The van der Waals surface area contributed by atoms with Crippen molar-refractivity contribution in [2.45, 2.75) is 32.0 Å². The molecule has 0 bridgehead atoms.